The number of nitrogens with zero attached hydrogens (tertiary/aromatic N) is 2. The smallest absolute Gasteiger partial charge is 0.264 e. The van der Waals surface area contributed by atoms with Crippen molar-refractivity contribution in [1.82, 2.24) is 4.31 Å². The summed E-state index contributed by atoms with van der Waals surface area (Å²) < 4.78 is 67.9. The molecule has 0 atom stereocenters. The molecule has 0 aliphatic carbocycles. The first-order chi connectivity index (χ1) is 17.1. The summed E-state index contributed by atoms with van der Waals surface area (Å²) in [5.74, 6) is -1.21. The Labute approximate surface area is 210 Å². The van der Waals surface area contributed by atoms with Crippen LogP contribution in [0, 0.1) is 12.7 Å². The van der Waals surface area contributed by atoms with Gasteiger partial charge in [0, 0.05) is 18.8 Å². The minimum Gasteiger partial charge on any atom is -0.325 e. The summed E-state index contributed by atoms with van der Waals surface area (Å²) in [6.45, 7) is 2.27. The average Bonchev–Trinajstić information content (AvgIpc) is 3.40. The molecule has 0 saturated carbocycles. The van der Waals surface area contributed by atoms with Gasteiger partial charge in [0.2, 0.25) is 15.9 Å². The molecule has 0 radical (unpaired) electrons. The van der Waals surface area contributed by atoms with E-state index in [2.05, 4.69) is 5.32 Å². The van der Waals surface area contributed by atoms with Gasteiger partial charge in [-0.25, -0.2) is 21.2 Å². The molecule has 1 heterocycles. The summed E-state index contributed by atoms with van der Waals surface area (Å²) in [4.78, 5) is 12.9. The highest BCUT2D eigenvalue weighted by Gasteiger charge is 2.28. The van der Waals surface area contributed by atoms with Crippen LogP contribution in [0.25, 0.3) is 0 Å². The van der Waals surface area contributed by atoms with Crippen molar-refractivity contribution in [2.45, 2.75) is 29.6 Å². The lowest BCUT2D eigenvalue weighted by Crippen LogP contribution is -2.38. The third kappa shape index (κ3) is 5.58. The highest BCUT2D eigenvalue weighted by Crippen LogP contribution is 2.25. The van der Waals surface area contributed by atoms with E-state index in [1.807, 2.05) is 6.92 Å². The van der Waals surface area contributed by atoms with Crippen LogP contribution in [0.5, 0.6) is 0 Å². The van der Waals surface area contributed by atoms with Crippen molar-refractivity contribution in [3.63, 3.8) is 0 Å². The number of amides is 1. The second-order valence-electron chi connectivity index (χ2n) is 8.48. The fourth-order valence-corrected chi connectivity index (χ4v) is 6.82. The maximum atomic E-state index is 13.4. The van der Waals surface area contributed by atoms with Gasteiger partial charge in [-0.3, -0.25) is 9.10 Å². The second-order valence-corrected chi connectivity index (χ2v) is 12.3. The molecule has 1 amide bonds. The van der Waals surface area contributed by atoms with Crippen LogP contribution in [-0.4, -0.2) is 46.7 Å². The van der Waals surface area contributed by atoms with Gasteiger partial charge in [-0.05, 0) is 80.4 Å². The fraction of sp³-hybridized carbons (Fsp3) is 0.240. The summed E-state index contributed by atoms with van der Waals surface area (Å²) >= 11 is 0. The van der Waals surface area contributed by atoms with E-state index >= 15 is 0 Å². The number of carbonyl (C=O) groups excluding carboxylic acids is 1. The van der Waals surface area contributed by atoms with Crippen LogP contribution in [0.1, 0.15) is 18.4 Å². The highest BCUT2D eigenvalue weighted by atomic mass is 32.2. The van der Waals surface area contributed by atoms with Crippen molar-refractivity contribution in [1.29, 1.82) is 0 Å². The molecule has 0 unspecified atom stereocenters. The van der Waals surface area contributed by atoms with Crippen LogP contribution >= 0.6 is 0 Å². The monoisotopic (exact) mass is 531 g/mol. The lowest BCUT2D eigenvalue weighted by Gasteiger charge is -2.24. The van der Waals surface area contributed by atoms with Gasteiger partial charge in [-0.1, -0.05) is 17.7 Å². The quantitative estimate of drug-likeness (QED) is 0.477. The number of nitrogens with one attached hydrogen (secondary N) is 1. The van der Waals surface area contributed by atoms with E-state index < -0.39 is 38.3 Å². The lowest BCUT2D eigenvalue weighted by atomic mass is 10.2. The Morgan fingerprint density at radius 1 is 0.861 bits per heavy atom. The Kier molecular flexibility index (Phi) is 7.43. The number of anilines is 2. The minimum atomic E-state index is -4.19. The third-order valence-corrected chi connectivity index (χ3v) is 9.55. The van der Waals surface area contributed by atoms with Crippen molar-refractivity contribution in [2.75, 3.05) is 29.3 Å². The third-order valence-electron chi connectivity index (χ3n) is 5.85. The number of carbonyl (C=O) groups is 1. The topological polar surface area (TPSA) is 104 Å². The molecule has 1 fully saturated rings. The maximum Gasteiger partial charge on any atom is 0.264 e. The van der Waals surface area contributed by atoms with Crippen molar-refractivity contribution in [2.24, 2.45) is 0 Å². The van der Waals surface area contributed by atoms with E-state index in [-0.39, 0.29) is 15.5 Å². The molecule has 0 aromatic heterocycles. The molecule has 3 aromatic carbocycles. The van der Waals surface area contributed by atoms with E-state index in [1.165, 1.54) is 28.6 Å². The summed E-state index contributed by atoms with van der Waals surface area (Å²) in [6.07, 6.45) is 1.65. The molecular weight excluding hydrogens is 505 g/mol. The zero-order chi connectivity index (χ0) is 25.9. The molecule has 3 aromatic rings. The molecule has 36 heavy (non-hydrogen) atoms. The summed E-state index contributed by atoms with van der Waals surface area (Å²) in [5.41, 5.74) is 1.50. The van der Waals surface area contributed by atoms with Crippen molar-refractivity contribution in [3.8, 4) is 0 Å². The second kappa shape index (κ2) is 10.4. The number of aryl methyl sites for hydroxylation is 1. The summed E-state index contributed by atoms with van der Waals surface area (Å²) in [6, 6.07) is 16.7. The molecule has 11 heteroatoms. The number of halogens is 1. The van der Waals surface area contributed by atoms with Crippen LogP contribution in [0.15, 0.2) is 82.6 Å². The number of hydrogen-bond acceptors (Lipinski definition) is 5. The molecule has 4 rings (SSSR count). The fourth-order valence-electron chi connectivity index (χ4n) is 3.88. The molecule has 1 saturated heterocycles. The largest absolute Gasteiger partial charge is 0.325 e. The van der Waals surface area contributed by atoms with Gasteiger partial charge in [0.05, 0.1) is 15.5 Å². The Balaban J connectivity index is 1.55. The normalized spacial score (nSPS) is 14.5. The maximum absolute atomic E-state index is 13.4. The molecule has 0 bridgehead atoms. The molecule has 1 aliphatic heterocycles. The molecule has 8 nitrogen and oxygen atoms in total. The Morgan fingerprint density at radius 2 is 1.42 bits per heavy atom. The van der Waals surface area contributed by atoms with Gasteiger partial charge in [0.25, 0.3) is 10.0 Å². The van der Waals surface area contributed by atoms with Crippen molar-refractivity contribution in [3.05, 3.63) is 84.2 Å². The van der Waals surface area contributed by atoms with Crippen molar-refractivity contribution < 1.29 is 26.0 Å². The molecule has 1 aliphatic rings. The van der Waals surface area contributed by atoms with Gasteiger partial charge >= 0.3 is 0 Å². The van der Waals surface area contributed by atoms with Crippen LogP contribution < -0.4 is 9.62 Å². The first-order valence-corrected chi connectivity index (χ1v) is 14.2. The van der Waals surface area contributed by atoms with Crippen LogP contribution in [0.2, 0.25) is 0 Å². The molecular formula is C25H26FN3O5S2. The van der Waals surface area contributed by atoms with Gasteiger partial charge in [0.1, 0.15) is 12.4 Å². The van der Waals surface area contributed by atoms with Crippen LogP contribution in [0.3, 0.4) is 0 Å². The van der Waals surface area contributed by atoms with Crippen LogP contribution in [0.4, 0.5) is 15.8 Å². The minimum absolute atomic E-state index is 0.127. The van der Waals surface area contributed by atoms with E-state index in [1.54, 1.807) is 24.3 Å². The van der Waals surface area contributed by atoms with Crippen LogP contribution in [-0.2, 0) is 24.8 Å². The first kappa shape index (κ1) is 25.8. The SMILES string of the molecule is Cc1ccc(N(CC(=O)Nc2ccc(S(=O)(=O)N3CCCC3)cc2)S(=O)(=O)c2ccc(F)cc2)cc1. The van der Waals surface area contributed by atoms with Gasteiger partial charge < -0.3 is 5.32 Å². The summed E-state index contributed by atoms with van der Waals surface area (Å²) in [5, 5.41) is 2.62. The number of hydrogen-bond donors (Lipinski definition) is 1. The molecule has 1 N–H and O–H groups in total. The van der Waals surface area contributed by atoms with Gasteiger partial charge in [-0.15, -0.1) is 0 Å². The zero-order valence-corrected chi connectivity index (χ0v) is 21.2. The number of benzene rings is 3. The van der Waals surface area contributed by atoms with E-state index in [0.29, 0.717) is 18.8 Å². The first-order valence-electron chi connectivity index (χ1n) is 11.3. The number of sulfonamides is 2. The number of rotatable bonds is 8. The standard InChI is InChI=1S/C25H26FN3O5S2/c1-19-4-10-22(11-5-19)29(36(33,34)24-12-6-20(26)7-13-24)18-25(30)27-21-8-14-23(15-9-21)35(31,32)28-16-2-3-17-28/h4-15H,2-3,16-18H2,1H3,(H,27,30). The summed E-state index contributed by atoms with van der Waals surface area (Å²) in [7, 11) is -7.77. The molecule has 190 valence electrons. The van der Waals surface area contributed by atoms with Gasteiger partial charge in [0.15, 0.2) is 0 Å². The Bertz CT molecular complexity index is 1440. The highest BCUT2D eigenvalue weighted by molar-refractivity contribution is 7.92. The van der Waals surface area contributed by atoms with Crippen molar-refractivity contribution >= 4 is 37.3 Å². The van der Waals surface area contributed by atoms with Gasteiger partial charge in [-0.2, -0.15) is 4.31 Å². The lowest BCUT2D eigenvalue weighted by molar-refractivity contribution is -0.114. The average molecular weight is 532 g/mol. The van der Waals surface area contributed by atoms with E-state index in [4.69, 9.17) is 0 Å². The van der Waals surface area contributed by atoms with E-state index in [0.717, 1.165) is 47.0 Å². The van der Waals surface area contributed by atoms with E-state index in [9.17, 15) is 26.0 Å². The predicted molar refractivity (Wildman–Crippen MR) is 135 cm³/mol. The zero-order valence-electron chi connectivity index (χ0n) is 19.6. The molecule has 0 spiro atoms. The Morgan fingerprint density at radius 3 is 2.00 bits per heavy atom. The predicted octanol–water partition coefficient (Wildman–Crippen LogP) is 3.75. The Hall–Kier alpha value is -3.28.